The molecule has 0 unspecified atom stereocenters. The first-order valence-corrected chi connectivity index (χ1v) is 7.10. The lowest BCUT2D eigenvalue weighted by atomic mass is 10.1. The number of hydrogen-bond donors (Lipinski definition) is 0. The van der Waals surface area contributed by atoms with Gasteiger partial charge in [0.2, 0.25) is 5.88 Å². The number of aryl methyl sites for hydroxylation is 2. The summed E-state index contributed by atoms with van der Waals surface area (Å²) in [6, 6.07) is 3.73. The van der Waals surface area contributed by atoms with Crippen molar-refractivity contribution in [2.45, 2.75) is 33.6 Å². The van der Waals surface area contributed by atoms with Crippen LogP contribution in [0.25, 0.3) is 0 Å². The minimum atomic E-state index is 0.173. The second-order valence-electron chi connectivity index (χ2n) is 5.01. The molecule has 0 atom stereocenters. The largest absolute Gasteiger partial charge is 0.438 e. The zero-order chi connectivity index (χ0) is 14.9. The topological polar surface area (TPSA) is 35.0 Å². The molecule has 20 heavy (non-hydrogen) atoms. The van der Waals surface area contributed by atoms with E-state index in [0.717, 1.165) is 22.4 Å². The molecule has 3 nitrogen and oxygen atoms in total. The van der Waals surface area contributed by atoms with Gasteiger partial charge in [-0.2, -0.15) is 0 Å². The summed E-state index contributed by atoms with van der Waals surface area (Å²) in [4.78, 5) is 8.22. The number of aromatic nitrogens is 2. The number of nitrogens with zero attached hydrogens (tertiary/aromatic N) is 2. The molecule has 1 heterocycles. The van der Waals surface area contributed by atoms with E-state index in [2.05, 4.69) is 9.97 Å². The van der Waals surface area contributed by atoms with Crippen molar-refractivity contribution < 1.29 is 4.74 Å². The van der Waals surface area contributed by atoms with Gasteiger partial charge in [0.1, 0.15) is 17.2 Å². The van der Waals surface area contributed by atoms with E-state index in [-0.39, 0.29) is 5.92 Å². The molecule has 2 aromatic rings. The van der Waals surface area contributed by atoms with Crippen molar-refractivity contribution in [1.29, 1.82) is 0 Å². The molecule has 0 aliphatic carbocycles. The molecule has 106 valence electrons. The molecule has 5 heteroatoms. The van der Waals surface area contributed by atoms with Gasteiger partial charge >= 0.3 is 0 Å². The average Bonchev–Trinajstić information content (AvgIpc) is 2.33. The Morgan fingerprint density at radius 2 is 1.65 bits per heavy atom. The van der Waals surface area contributed by atoms with E-state index in [9.17, 15) is 0 Å². The van der Waals surface area contributed by atoms with Crippen LogP contribution < -0.4 is 4.74 Å². The Balaban J connectivity index is 2.48. The van der Waals surface area contributed by atoms with E-state index >= 15 is 0 Å². The van der Waals surface area contributed by atoms with Crippen molar-refractivity contribution in [3.63, 3.8) is 0 Å². The third-order valence-electron chi connectivity index (χ3n) is 3.00. The number of hydrogen-bond acceptors (Lipinski definition) is 3. The first kappa shape index (κ1) is 15.1. The lowest BCUT2D eigenvalue weighted by molar-refractivity contribution is 0.445. The predicted octanol–water partition coefficient (Wildman–Crippen LogP) is 5.32. The molecule has 0 saturated heterocycles. The van der Waals surface area contributed by atoms with E-state index in [1.54, 1.807) is 0 Å². The Morgan fingerprint density at radius 1 is 1.05 bits per heavy atom. The number of rotatable bonds is 3. The monoisotopic (exact) mass is 310 g/mol. The highest BCUT2D eigenvalue weighted by atomic mass is 35.5. The van der Waals surface area contributed by atoms with Gasteiger partial charge in [-0.1, -0.05) is 37.0 Å². The lowest BCUT2D eigenvalue weighted by Crippen LogP contribution is -2.01. The molecule has 0 amide bonds. The van der Waals surface area contributed by atoms with Gasteiger partial charge in [0.25, 0.3) is 0 Å². The number of ether oxygens (including phenoxy) is 1. The minimum absolute atomic E-state index is 0.173. The second-order valence-corrected chi connectivity index (χ2v) is 5.80. The Labute approximate surface area is 128 Å². The van der Waals surface area contributed by atoms with Gasteiger partial charge in [0, 0.05) is 5.02 Å². The van der Waals surface area contributed by atoms with Crippen LogP contribution in [0.15, 0.2) is 18.5 Å². The van der Waals surface area contributed by atoms with E-state index in [1.165, 1.54) is 6.33 Å². The van der Waals surface area contributed by atoms with Crippen molar-refractivity contribution in [1.82, 2.24) is 9.97 Å². The van der Waals surface area contributed by atoms with Crippen molar-refractivity contribution in [3.8, 4) is 11.6 Å². The molecule has 0 N–H and O–H groups in total. The number of benzene rings is 1. The normalized spacial score (nSPS) is 10.9. The zero-order valence-electron chi connectivity index (χ0n) is 11.9. The smallest absolute Gasteiger partial charge is 0.227 e. The quantitative estimate of drug-likeness (QED) is 0.720. The summed E-state index contributed by atoms with van der Waals surface area (Å²) in [5, 5.41) is 1.12. The second kappa shape index (κ2) is 5.98. The van der Waals surface area contributed by atoms with Gasteiger partial charge in [-0.15, -0.1) is 0 Å². The summed E-state index contributed by atoms with van der Waals surface area (Å²) in [5.74, 6) is 1.42. The summed E-state index contributed by atoms with van der Waals surface area (Å²) >= 11 is 12.2. The highest BCUT2D eigenvalue weighted by molar-refractivity contribution is 6.31. The lowest BCUT2D eigenvalue weighted by Gasteiger charge is -2.16. The van der Waals surface area contributed by atoms with Gasteiger partial charge in [-0.25, -0.2) is 9.97 Å². The average molecular weight is 311 g/mol. The Morgan fingerprint density at radius 3 is 2.20 bits per heavy atom. The van der Waals surface area contributed by atoms with Crippen LogP contribution in [0.3, 0.4) is 0 Å². The van der Waals surface area contributed by atoms with Crippen molar-refractivity contribution in [3.05, 3.63) is 45.3 Å². The van der Waals surface area contributed by atoms with Crippen LogP contribution in [-0.2, 0) is 0 Å². The van der Waals surface area contributed by atoms with Gasteiger partial charge in [0.05, 0.1) is 5.56 Å². The molecular formula is C15H16Cl2N2O. The Bertz CT molecular complexity index is 619. The fraction of sp³-hybridized carbons (Fsp3) is 0.333. The molecule has 1 aromatic heterocycles. The molecule has 0 radical (unpaired) electrons. The van der Waals surface area contributed by atoms with Crippen LogP contribution in [0.2, 0.25) is 10.2 Å². The molecule has 0 spiro atoms. The molecule has 2 rings (SSSR count). The predicted molar refractivity (Wildman–Crippen MR) is 82.1 cm³/mol. The standard InChI is InChI=1S/C15H16Cl2N2O/c1-8(2)12-14(17)18-7-19-15(12)20-13-9(3)5-11(16)6-10(13)4/h5-8H,1-4H3. The fourth-order valence-electron chi connectivity index (χ4n) is 2.08. The third kappa shape index (κ3) is 3.05. The van der Waals surface area contributed by atoms with E-state index in [4.69, 9.17) is 27.9 Å². The van der Waals surface area contributed by atoms with Crippen LogP contribution in [0, 0.1) is 13.8 Å². The summed E-state index contributed by atoms with van der Waals surface area (Å²) in [5.41, 5.74) is 2.72. The number of halogens is 2. The zero-order valence-corrected chi connectivity index (χ0v) is 13.4. The molecule has 0 aliphatic rings. The van der Waals surface area contributed by atoms with Crippen LogP contribution in [0.1, 0.15) is 36.5 Å². The first-order chi connectivity index (χ1) is 9.40. The van der Waals surface area contributed by atoms with Gasteiger partial charge in [-0.3, -0.25) is 0 Å². The van der Waals surface area contributed by atoms with E-state index < -0.39 is 0 Å². The molecule has 0 fully saturated rings. The van der Waals surface area contributed by atoms with Gasteiger partial charge in [0.15, 0.2) is 0 Å². The summed E-state index contributed by atoms with van der Waals surface area (Å²) in [7, 11) is 0. The fourth-order valence-corrected chi connectivity index (χ4v) is 2.75. The SMILES string of the molecule is Cc1cc(Cl)cc(C)c1Oc1ncnc(Cl)c1C(C)C. The van der Waals surface area contributed by atoms with E-state index in [0.29, 0.717) is 16.1 Å². The maximum absolute atomic E-state index is 6.14. The van der Waals surface area contributed by atoms with Gasteiger partial charge < -0.3 is 4.74 Å². The molecule has 0 saturated carbocycles. The van der Waals surface area contributed by atoms with Crippen LogP contribution >= 0.6 is 23.2 Å². The van der Waals surface area contributed by atoms with Crippen molar-refractivity contribution in [2.75, 3.05) is 0 Å². The van der Waals surface area contributed by atoms with Crippen LogP contribution in [-0.4, -0.2) is 9.97 Å². The van der Waals surface area contributed by atoms with Crippen LogP contribution in [0.4, 0.5) is 0 Å². The van der Waals surface area contributed by atoms with E-state index in [1.807, 2.05) is 39.8 Å². The summed E-state index contributed by atoms with van der Waals surface area (Å²) in [6.07, 6.45) is 1.41. The Kier molecular flexibility index (Phi) is 4.51. The maximum Gasteiger partial charge on any atom is 0.227 e. The molecule has 0 bridgehead atoms. The molecule has 1 aromatic carbocycles. The van der Waals surface area contributed by atoms with Gasteiger partial charge in [-0.05, 0) is 43.0 Å². The van der Waals surface area contributed by atoms with Crippen LogP contribution in [0.5, 0.6) is 11.6 Å². The van der Waals surface area contributed by atoms with Crippen molar-refractivity contribution >= 4 is 23.2 Å². The highest BCUT2D eigenvalue weighted by Crippen LogP contribution is 2.36. The maximum atomic E-state index is 6.14. The third-order valence-corrected chi connectivity index (χ3v) is 3.52. The summed E-state index contributed by atoms with van der Waals surface area (Å²) < 4.78 is 5.97. The Hall–Kier alpha value is -1.32. The first-order valence-electron chi connectivity index (χ1n) is 6.35. The molecular weight excluding hydrogens is 295 g/mol. The van der Waals surface area contributed by atoms with Crippen molar-refractivity contribution in [2.24, 2.45) is 0 Å². The highest BCUT2D eigenvalue weighted by Gasteiger charge is 2.17. The summed E-state index contributed by atoms with van der Waals surface area (Å²) in [6.45, 7) is 7.95. The molecule has 0 aliphatic heterocycles. The minimum Gasteiger partial charge on any atom is -0.438 e.